The molecule has 108 valence electrons. The van der Waals surface area contributed by atoms with Gasteiger partial charge in [0.05, 0.1) is 9.40 Å². The first-order valence-corrected chi connectivity index (χ1v) is 8.22. The van der Waals surface area contributed by atoms with Gasteiger partial charge in [0.2, 0.25) is 0 Å². The molecule has 0 spiro atoms. The number of hydrogen-bond acceptors (Lipinski definition) is 4. The lowest BCUT2D eigenvalue weighted by Crippen LogP contribution is -2.41. The van der Waals surface area contributed by atoms with Crippen molar-refractivity contribution in [3.63, 3.8) is 0 Å². The Balaban J connectivity index is 2.20. The van der Waals surface area contributed by atoms with Gasteiger partial charge in [-0.15, -0.1) is 0 Å². The van der Waals surface area contributed by atoms with Crippen LogP contribution in [0.4, 0.5) is 5.69 Å². The zero-order chi connectivity index (χ0) is 14.7. The number of halogens is 1. The van der Waals surface area contributed by atoms with Gasteiger partial charge in [0, 0.05) is 35.7 Å². The van der Waals surface area contributed by atoms with Crippen molar-refractivity contribution in [3.8, 4) is 0 Å². The molecule has 0 radical (unpaired) electrons. The van der Waals surface area contributed by atoms with Crippen molar-refractivity contribution >= 4 is 39.3 Å². The first-order chi connectivity index (χ1) is 9.52. The van der Waals surface area contributed by atoms with Gasteiger partial charge in [-0.3, -0.25) is 14.9 Å². The summed E-state index contributed by atoms with van der Waals surface area (Å²) in [5, 5.41) is 11.4. The van der Waals surface area contributed by atoms with Crippen molar-refractivity contribution in [2.75, 3.05) is 18.8 Å². The number of nitro groups is 1. The van der Waals surface area contributed by atoms with E-state index < -0.39 is 4.92 Å². The lowest BCUT2D eigenvalue weighted by molar-refractivity contribution is -0.385. The summed E-state index contributed by atoms with van der Waals surface area (Å²) in [7, 11) is 0. The van der Waals surface area contributed by atoms with Gasteiger partial charge in [0.1, 0.15) is 0 Å². The molecule has 1 heterocycles. The molecule has 1 saturated heterocycles. The zero-order valence-corrected chi connectivity index (χ0v) is 13.4. The monoisotopic (exact) mass is 358 g/mol. The summed E-state index contributed by atoms with van der Waals surface area (Å²) >= 11 is 5.01. The maximum atomic E-state index is 12.4. The number of thioether (sulfide) groups is 1. The average molecular weight is 359 g/mol. The van der Waals surface area contributed by atoms with E-state index in [-0.39, 0.29) is 11.6 Å². The molecule has 1 aromatic carbocycles. The highest BCUT2D eigenvalue weighted by Gasteiger charge is 2.25. The number of amides is 1. The van der Waals surface area contributed by atoms with E-state index in [2.05, 4.69) is 22.9 Å². The number of carbonyl (C=O) groups is 1. The van der Waals surface area contributed by atoms with Crippen LogP contribution >= 0.6 is 27.7 Å². The number of carbonyl (C=O) groups excluding carboxylic acids is 1. The Bertz CT molecular complexity index is 538. The lowest BCUT2D eigenvalue weighted by Gasteiger charge is -2.32. The third kappa shape index (κ3) is 3.32. The number of nitrogens with zero attached hydrogens (tertiary/aromatic N) is 2. The standard InChI is InChI=1S/C13H15BrN2O3S/c1-2-10-8-15(5-6-20-10)13(17)9-3-4-11(14)12(7-9)16(18)19/h3-4,7,10H,2,5-6,8H2,1H3. The Morgan fingerprint density at radius 3 is 3.00 bits per heavy atom. The summed E-state index contributed by atoms with van der Waals surface area (Å²) in [6.45, 7) is 3.52. The van der Waals surface area contributed by atoms with Crippen molar-refractivity contribution < 1.29 is 9.72 Å². The van der Waals surface area contributed by atoms with Crippen LogP contribution in [0.15, 0.2) is 22.7 Å². The molecule has 5 nitrogen and oxygen atoms in total. The van der Waals surface area contributed by atoms with Gasteiger partial charge in [-0.25, -0.2) is 0 Å². The largest absolute Gasteiger partial charge is 0.337 e. The van der Waals surface area contributed by atoms with Gasteiger partial charge in [0.15, 0.2) is 0 Å². The van der Waals surface area contributed by atoms with E-state index in [0.29, 0.717) is 28.4 Å². The van der Waals surface area contributed by atoms with Crippen LogP contribution in [-0.4, -0.2) is 39.8 Å². The number of rotatable bonds is 3. The Morgan fingerprint density at radius 1 is 1.60 bits per heavy atom. The fraction of sp³-hybridized carbons (Fsp3) is 0.462. The summed E-state index contributed by atoms with van der Waals surface area (Å²) in [5.74, 6) is 0.794. The first kappa shape index (κ1) is 15.3. The third-order valence-electron chi connectivity index (χ3n) is 3.27. The second-order valence-electron chi connectivity index (χ2n) is 4.58. The maximum Gasteiger partial charge on any atom is 0.284 e. The minimum Gasteiger partial charge on any atom is -0.337 e. The molecule has 1 aliphatic heterocycles. The maximum absolute atomic E-state index is 12.4. The van der Waals surface area contributed by atoms with E-state index in [1.807, 2.05) is 11.8 Å². The molecule has 0 saturated carbocycles. The third-order valence-corrected chi connectivity index (χ3v) is 5.31. The van der Waals surface area contributed by atoms with Crippen molar-refractivity contribution in [1.29, 1.82) is 0 Å². The lowest BCUT2D eigenvalue weighted by atomic mass is 10.1. The van der Waals surface area contributed by atoms with Gasteiger partial charge >= 0.3 is 0 Å². The fourth-order valence-electron chi connectivity index (χ4n) is 2.12. The Morgan fingerprint density at radius 2 is 2.35 bits per heavy atom. The van der Waals surface area contributed by atoms with Crippen LogP contribution in [0.2, 0.25) is 0 Å². The van der Waals surface area contributed by atoms with Gasteiger partial charge in [-0.05, 0) is 34.5 Å². The highest BCUT2D eigenvalue weighted by Crippen LogP contribution is 2.27. The number of benzene rings is 1. The topological polar surface area (TPSA) is 63.5 Å². The SMILES string of the molecule is CCC1CN(C(=O)c2ccc(Br)c([N+](=O)[O-])c2)CCS1. The predicted octanol–water partition coefficient (Wildman–Crippen LogP) is 3.32. The number of hydrogen-bond donors (Lipinski definition) is 0. The summed E-state index contributed by atoms with van der Waals surface area (Å²) in [6.07, 6.45) is 1.02. The molecule has 1 aromatic rings. The molecular formula is C13H15BrN2O3S. The van der Waals surface area contributed by atoms with Crippen LogP contribution in [0.1, 0.15) is 23.7 Å². The molecule has 2 rings (SSSR count). The summed E-state index contributed by atoms with van der Waals surface area (Å²) in [6, 6.07) is 4.53. The van der Waals surface area contributed by atoms with Crippen molar-refractivity contribution in [2.24, 2.45) is 0 Å². The Labute approximate surface area is 130 Å². The van der Waals surface area contributed by atoms with E-state index in [4.69, 9.17) is 0 Å². The summed E-state index contributed by atoms with van der Waals surface area (Å²) in [4.78, 5) is 24.6. The average Bonchev–Trinajstić information content (AvgIpc) is 2.46. The molecule has 1 aliphatic rings. The van der Waals surface area contributed by atoms with Crippen molar-refractivity contribution in [3.05, 3.63) is 38.3 Å². The molecular weight excluding hydrogens is 344 g/mol. The van der Waals surface area contributed by atoms with Crippen LogP contribution in [0.25, 0.3) is 0 Å². The molecule has 20 heavy (non-hydrogen) atoms. The molecule has 0 aliphatic carbocycles. The molecule has 7 heteroatoms. The minimum atomic E-state index is -0.484. The quantitative estimate of drug-likeness (QED) is 0.614. The van der Waals surface area contributed by atoms with Gasteiger partial charge in [-0.1, -0.05) is 6.92 Å². The molecule has 0 bridgehead atoms. The second kappa shape index (κ2) is 6.58. The van der Waals surface area contributed by atoms with Crippen LogP contribution < -0.4 is 0 Å². The second-order valence-corrected chi connectivity index (χ2v) is 6.84. The molecule has 0 aromatic heterocycles. The van der Waals surface area contributed by atoms with Crippen molar-refractivity contribution in [1.82, 2.24) is 4.90 Å². The summed E-state index contributed by atoms with van der Waals surface area (Å²) in [5.41, 5.74) is 0.302. The summed E-state index contributed by atoms with van der Waals surface area (Å²) < 4.78 is 0.389. The fourth-order valence-corrected chi connectivity index (χ4v) is 3.69. The van der Waals surface area contributed by atoms with Crippen molar-refractivity contribution in [2.45, 2.75) is 18.6 Å². The number of nitro benzene ring substituents is 1. The first-order valence-electron chi connectivity index (χ1n) is 6.37. The Hall–Kier alpha value is -1.08. The van der Waals surface area contributed by atoms with Crippen LogP contribution in [0, 0.1) is 10.1 Å². The molecule has 1 amide bonds. The van der Waals surface area contributed by atoms with E-state index in [9.17, 15) is 14.9 Å². The predicted molar refractivity (Wildman–Crippen MR) is 83.2 cm³/mol. The highest BCUT2D eigenvalue weighted by molar-refractivity contribution is 9.10. The molecule has 1 fully saturated rings. The van der Waals surface area contributed by atoms with E-state index >= 15 is 0 Å². The van der Waals surface area contributed by atoms with Gasteiger partial charge in [0.25, 0.3) is 11.6 Å². The van der Waals surface area contributed by atoms with E-state index in [0.717, 1.165) is 12.2 Å². The van der Waals surface area contributed by atoms with E-state index in [1.165, 1.54) is 6.07 Å². The zero-order valence-electron chi connectivity index (χ0n) is 11.0. The smallest absolute Gasteiger partial charge is 0.284 e. The normalized spacial score (nSPS) is 18.9. The minimum absolute atomic E-state index is 0.0747. The molecule has 0 N–H and O–H groups in total. The van der Waals surface area contributed by atoms with Crippen LogP contribution in [-0.2, 0) is 0 Å². The Kier molecular flexibility index (Phi) is 5.04. The van der Waals surface area contributed by atoms with E-state index in [1.54, 1.807) is 17.0 Å². The molecule has 1 unspecified atom stereocenters. The van der Waals surface area contributed by atoms with Gasteiger partial charge < -0.3 is 4.90 Å². The van der Waals surface area contributed by atoms with Gasteiger partial charge in [-0.2, -0.15) is 11.8 Å². The molecule has 1 atom stereocenters. The van der Waals surface area contributed by atoms with Crippen LogP contribution in [0.3, 0.4) is 0 Å². The van der Waals surface area contributed by atoms with Crippen LogP contribution in [0.5, 0.6) is 0 Å². The highest BCUT2D eigenvalue weighted by atomic mass is 79.9.